The Morgan fingerprint density at radius 3 is 2.52 bits per heavy atom. The number of sulfonamides is 1. The summed E-state index contributed by atoms with van der Waals surface area (Å²) in [6, 6.07) is 13.5. The van der Waals surface area contributed by atoms with E-state index in [1.807, 2.05) is 36.0 Å². The normalized spacial score (nSPS) is 11.2. The summed E-state index contributed by atoms with van der Waals surface area (Å²) in [5.41, 5.74) is 3.31. The van der Waals surface area contributed by atoms with Crippen LogP contribution in [0.2, 0.25) is 5.02 Å². The minimum atomic E-state index is -3.84. The Kier molecular flexibility index (Phi) is 6.06. The molecule has 0 spiro atoms. The maximum atomic E-state index is 12.0. The standard InChI is InChI=1S/C15H15ClN2O3S2/c1-11-5-7-13(8-6-11)22-10-15(19)17-18-23(20,21)14-4-2-3-12(16)9-14/h2-9,18H,10H2,1H3,(H,17,19). The van der Waals surface area contributed by atoms with Crippen molar-refractivity contribution < 1.29 is 13.2 Å². The smallest absolute Gasteiger partial charge is 0.257 e. The molecule has 2 N–H and O–H groups in total. The summed E-state index contributed by atoms with van der Waals surface area (Å²) in [4.78, 5) is 14.7. The number of aryl methyl sites for hydroxylation is 1. The van der Waals surface area contributed by atoms with Gasteiger partial charge in [-0.3, -0.25) is 10.2 Å². The van der Waals surface area contributed by atoms with Gasteiger partial charge in [-0.15, -0.1) is 16.6 Å². The highest BCUT2D eigenvalue weighted by Gasteiger charge is 2.15. The highest BCUT2D eigenvalue weighted by atomic mass is 35.5. The molecule has 122 valence electrons. The van der Waals surface area contributed by atoms with E-state index in [2.05, 4.69) is 5.43 Å². The minimum Gasteiger partial charge on any atom is -0.277 e. The second kappa shape index (κ2) is 7.83. The van der Waals surface area contributed by atoms with Crippen LogP contribution in [0.25, 0.3) is 0 Å². The number of hydrogen-bond acceptors (Lipinski definition) is 4. The highest BCUT2D eigenvalue weighted by Crippen LogP contribution is 2.18. The number of carbonyl (C=O) groups is 1. The van der Waals surface area contributed by atoms with Crippen molar-refractivity contribution in [2.24, 2.45) is 0 Å². The maximum absolute atomic E-state index is 12.0. The third-order valence-electron chi connectivity index (χ3n) is 2.82. The maximum Gasteiger partial charge on any atom is 0.257 e. The molecule has 2 aromatic rings. The minimum absolute atomic E-state index is 0.0171. The van der Waals surface area contributed by atoms with Gasteiger partial charge in [0.15, 0.2) is 0 Å². The Hall–Kier alpha value is -1.54. The van der Waals surface area contributed by atoms with Crippen LogP contribution in [0.4, 0.5) is 0 Å². The number of benzene rings is 2. The van der Waals surface area contributed by atoms with Gasteiger partial charge in [0.2, 0.25) is 5.91 Å². The number of thioether (sulfide) groups is 1. The second-order valence-electron chi connectivity index (χ2n) is 4.71. The molecule has 0 fully saturated rings. The van der Waals surface area contributed by atoms with E-state index in [1.165, 1.54) is 30.0 Å². The number of carbonyl (C=O) groups excluding carboxylic acids is 1. The van der Waals surface area contributed by atoms with Crippen LogP contribution in [-0.2, 0) is 14.8 Å². The van der Waals surface area contributed by atoms with E-state index in [0.717, 1.165) is 10.5 Å². The largest absolute Gasteiger partial charge is 0.277 e. The Morgan fingerprint density at radius 2 is 1.87 bits per heavy atom. The predicted molar refractivity (Wildman–Crippen MR) is 91.8 cm³/mol. The number of nitrogens with one attached hydrogen (secondary N) is 2. The lowest BCUT2D eigenvalue weighted by Gasteiger charge is -2.08. The SMILES string of the molecule is Cc1ccc(SCC(=O)NNS(=O)(=O)c2cccc(Cl)c2)cc1. The second-order valence-corrected chi connectivity index (χ2v) is 7.88. The molecular weight excluding hydrogens is 356 g/mol. The van der Waals surface area contributed by atoms with Crippen LogP contribution in [0.1, 0.15) is 5.56 Å². The molecular formula is C15H15ClN2O3S2. The van der Waals surface area contributed by atoms with Crippen molar-refractivity contribution in [3.05, 3.63) is 59.1 Å². The topological polar surface area (TPSA) is 75.3 Å². The van der Waals surface area contributed by atoms with Gasteiger partial charge in [-0.05, 0) is 37.3 Å². The molecule has 0 unspecified atom stereocenters. The molecule has 2 rings (SSSR count). The molecule has 0 bridgehead atoms. The van der Waals surface area contributed by atoms with Gasteiger partial charge in [0.25, 0.3) is 10.0 Å². The molecule has 0 aliphatic carbocycles. The van der Waals surface area contributed by atoms with Crippen molar-refractivity contribution >= 4 is 39.3 Å². The first kappa shape index (κ1) is 17.8. The molecule has 0 saturated carbocycles. The molecule has 0 saturated heterocycles. The van der Waals surface area contributed by atoms with Gasteiger partial charge in [-0.2, -0.15) is 0 Å². The Bertz CT molecular complexity index is 793. The lowest BCUT2D eigenvalue weighted by atomic mass is 10.2. The van der Waals surface area contributed by atoms with Crippen molar-refractivity contribution in [3.63, 3.8) is 0 Å². The predicted octanol–water partition coefficient (Wildman–Crippen LogP) is 2.75. The lowest BCUT2D eigenvalue weighted by Crippen LogP contribution is -2.42. The van der Waals surface area contributed by atoms with Gasteiger partial charge in [0.05, 0.1) is 10.6 Å². The van der Waals surface area contributed by atoms with Crippen molar-refractivity contribution in [2.45, 2.75) is 16.7 Å². The molecule has 0 atom stereocenters. The average molecular weight is 371 g/mol. The summed E-state index contributed by atoms with van der Waals surface area (Å²) < 4.78 is 24.0. The van der Waals surface area contributed by atoms with Gasteiger partial charge in [0.1, 0.15) is 0 Å². The first-order valence-electron chi connectivity index (χ1n) is 6.62. The quantitative estimate of drug-likeness (QED) is 0.605. The molecule has 23 heavy (non-hydrogen) atoms. The average Bonchev–Trinajstić information content (AvgIpc) is 2.52. The number of hydrazine groups is 1. The van der Waals surface area contributed by atoms with Crippen LogP contribution < -0.4 is 10.3 Å². The fraction of sp³-hybridized carbons (Fsp3) is 0.133. The number of amides is 1. The Balaban J connectivity index is 1.87. The molecule has 1 amide bonds. The zero-order chi connectivity index (χ0) is 16.9. The molecule has 0 aromatic heterocycles. The molecule has 5 nitrogen and oxygen atoms in total. The molecule has 0 radical (unpaired) electrons. The van der Waals surface area contributed by atoms with Gasteiger partial charge in [0, 0.05) is 9.92 Å². The summed E-state index contributed by atoms with van der Waals surface area (Å²) in [6.45, 7) is 1.98. The Morgan fingerprint density at radius 1 is 1.17 bits per heavy atom. The first-order valence-corrected chi connectivity index (χ1v) is 9.47. The molecule has 2 aromatic carbocycles. The van der Waals surface area contributed by atoms with E-state index >= 15 is 0 Å². The van der Waals surface area contributed by atoms with Gasteiger partial charge >= 0.3 is 0 Å². The van der Waals surface area contributed by atoms with Crippen LogP contribution in [0.3, 0.4) is 0 Å². The van der Waals surface area contributed by atoms with Gasteiger partial charge < -0.3 is 0 Å². The highest BCUT2D eigenvalue weighted by molar-refractivity contribution is 8.00. The summed E-state index contributed by atoms with van der Waals surface area (Å²) in [7, 11) is -3.84. The van der Waals surface area contributed by atoms with Crippen molar-refractivity contribution in [3.8, 4) is 0 Å². The van der Waals surface area contributed by atoms with Crippen LogP contribution >= 0.6 is 23.4 Å². The third kappa shape index (κ3) is 5.54. The molecule has 0 aliphatic rings. The van der Waals surface area contributed by atoms with E-state index in [9.17, 15) is 13.2 Å². The van der Waals surface area contributed by atoms with Crippen LogP contribution in [0, 0.1) is 6.92 Å². The summed E-state index contributed by atoms with van der Waals surface area (Å²) in [5.74, 6) is -0.345. The number of halogens is 1. The number of hydrogen-bond donors (Lipinski definition) is 2. The van der Waals surface area contributed by atoms with Gasteiger partial charge in [-0.25, -0.2) is 8.42 Å². The van der Waals surface area contributed by atoms with Crippen LogP contribution in [0.15, 0.2) is 58.3 Å². The van der Waals surface area contributed by atoms with Crippen molar-refractivity contribution in [2.75, 3.05) is 5.75 Å². The van der Waals surface area contributed by atoms with Crippen molar-refractivity contribution in [1.29, 1.82) is 0 Å². The zero-order valence-corrected chi connectivity index (χ0v) is 14.6. The first-order chi connectivity index (χ1) is 10.9. The fourth-order valence-electron chi connectivity index (χ4n) is 1.64. The van der Waals surface area contributed by atoms with E-state index in [1.54, 1.807) is 6.07 Å². The van der Waals surface area contributed by atoms with E-state index in [4.69, 9.17) is 11.6 Å². The summed E-state index contributed by atoms with van der Waals surface area (Å²) >= 11 is 7.08. The zero-order valence-electron chi connectivity index (χ0n) is 12.2. The van der Waals surface area contributed by atoms with E-state index in [0.29, 0.717) is 5.02 Å². The van der Waals surface area contributed by atoms with Crippen LogP contribution in [-0.4, -0.2) is 20.1 Å². The summed E-state index contributed by atoms with van der Waals surface area (Å²) in [6.07, 6.45) is 0. The number of rotatable bonds is 6. The lowest BCUT2D eigenvalue weighted by molar-refractivity contribution is -0.119. The monoisotopic (exact) mass is 370 g/mol. The van der Waals surface area contributed by atoms with Gasteiger partial charge in [-0.1, -0.05) is 35.4 Å². The molecule has 0 heterocycles. The molecule has 0 aliphatic heterocycles. The summed E-state index contributed by atoms with van der Waals surface area (Å²) in [5, 5.41) is 0.300. The molecule has 8 heteroatoms. The van der Waals surface area contributed by atoms with Crippen LogP contribution in [0.5, 0.6) is 0 Å². The van der Waals surface area contributed by atoms with E-state index in [-0.39, 0.29) is 10.6 Å². The third-order valence-corrected chi connectivity index (χ3v) is 5.31. The Labute approximate surface area is 144 Å². The fourth-order valence-corrected chi connectivity index (χ4v) is 3.50. The van der Waals surface area contributed by atoms with Crippen molar-refractivity contribution in [1.82, 2.24) is 10.3 Å². The van der Waals surface area contributed by atoms with E-state index < -0.39 is 15.9 Å².